The second-order valence-electron chi connectivity index (χ2n) is 4.03. The predicted molar refractivity (Wildman–Crippen MR) is 66.6 cm³/mol. The van der Waals surface area contributed by atoms with Gasteiger partial charge in [0.05, 0.1) is 11.3 Å². The summed E-state index contributed by atoms with van der Waals surface area (Å²) in [5, 5.41) is 10.6. The molecule has 0 aliphatic carbocycles. The zero-order valence-corrected chi connectivity index (χ0v) is 10.5. The van der Waals surface area contributed by atoms with Gasteiger partial charge in [0.2, 0.25) is 0 Å². The monoisotopic (exact) mass is 285 g/mol. The van der Waals surface area contributed by atoms with Gasteiger partial charge in [0.15, 0.2) is 0 Å². The molecule has 0 unspecified atom stereocenters. The highest BCUT2D eigenvalue weighted by Crippen LogP contribution is 2.33. The van der Waals surface area contributed by atoms with Gasteiger partial charge in [0.1, 0.15) is 11.6 Å². The molecule has 0 amide bonds. The van der Waals surface area contributed by atoms with Crippen molar-refractivity contribution in [3.8, 4) is 11.3 Å². The maximum atomic E-state index is 13.2. The summed E-state index contributed by atoms with van der Waals surface area (Å²) in [6.45, 7) is 2.54. The molecule has 0 aliphatic rings. The van der Waals surface area contributed by atoms with E-state index in [1.54, 1.807) is 6.07 Å². The van der Waals surface area contributed by atoms with Crippen LogP contribution in [0.15, 0.2) is 30.3 Å². The summed E-state index contributed by atoms with van der Waals surface area (Å²) in [5.74, 6) is -0.784. The quantitative estimate of drug-likeness (QED) is 0.873. The highest BCUT2D eigenvalue weighted by Gasteiger charge is 2.34. The number of halogens is 4. The largest absolute Gasteiger partial charge is 0.419 e. The minimum atomic E-state index is -4.74. The molecule has 0 saturated heterocycles. The van der Waals surface area contributed by atoms with Crippen molar-refractivity contribution in [2.45, 2.75) is 13.1 Å². The molecule has 2 aromatic rings. The van der Waals surface area contributed by atoms with Gasteiger partial charge in [0.25, 0.3) is 0 Å². The highest BCUT2D eigenvalue weighted by atomic mass is 19.4. The van der Waals surface area contributed by atoms with Gasteiger partial charge < -0.3 is 5.32 Å². The molecule has 7 heteroatoms. The number of nitrogens with zero attached hydrogens (tertiary/aromatic N) is 2. The van der Waals surface area contributed by atoms with Crippen molar-refractivity contribution in [1.29, 1.82) is 0 Å². The first-order valence-corrected chi connectivity index (χ1v) is 5.86. The van der Waals surface area contributed by atoms with Crippen molar-refractivity contribution in [1.82, 2.24) is 10.2 Å². The lowest BCUT2D eigenvalue weighted by atomic mass is 10.1. The van der Waals surface area contributed by atoms with Crippen LogP contribution in [0.25, 0.3) is 11.3 Å². The third kappa shape index (κ3) is 3.04. The summed E-state index contributed by atoms with van der Waals surface area (Å²) in [4.78, 5) is 0. The molecule has 0 spiro atoms. The van der Waals surface area contributed by atoms with Crippen molar-refractivity contribution < 1.29 is 17.6 Å². The van der Waals surface area contributed by atoms with E-state index >= 15 is 0 Å². The highest BCUT2D eigenvalue weighted by molar-refractivity contribution is 5.61. The topological polar surface area (TPSA) is 37.8 Å². The molecule has 0 bridgehead atoms. The Morgan fingerprint density at radius 1 is 1.10 bits per heavy atom. The van der Waals surface area contributed by atoms with E-state index in [0.29, 0.717) is 12.4 Å². The molecule has 106 valence electrons. The Morgan fingerprint density at radius 2 is 1.85 bits per heavy atom. The van der Waals surface area contributed by atoms with Gasteiger partial charge in [0, 0.05) is 12.1 Å². The number of aromatic nitrogens is 2. The molecule has 0 saturated carbocycles. The molecular weight excluding hydrogens is 274 g/mol. The standard InChI is InChI=1S/C13H11F4N3/c1-2-18-12-6-5-11(19-20-12)8-3-4-10(14)9(7-8)13(15,16)17/h3-7H,2H2,1H3,(H,18,20). The average molecular weight is 285 g/mol. The van der Waals surface area contributed by atoms with Crippen LogP contribution in [0.2, 0.25) is 0 Å². The fraction of sp³-hybridized carbons (Fsp3) is 0.231. The van der Waals surface area contributed by atoms with E-state index < -0.39 is 17.6 Å². The lowest BCUT2D eigenvalue weighted by Crippen LogP contribution is -2.08. The van der Waals surface area contributed by atoms with Crippen molar-refractivity contribution >= 4 is 5.82 Å². The number of anilines is 1. The molecule has 2 rings (SSSR count). The zero-order valence-electron chi connectivity index (χ0n) is 10.5. The van der Waals surface area contributed by atoms with E-state index in [0.717, 1.165) is 12.1 Å². The summed E-state index contributed by atoms with van der Waals surface area (Å²) in [5.41, 5.74) is -0.904. The van der Waals surface area contributed by atoms with Crippen LogP contribution < -0.4 is 5.32 Å². The summed E-state index contributed by atoms with van der Waals surface area (Å²) in [6.07, 6.45) is -4.74. The maximum Gasteiger partial charge on any atom is 0.419 e. The molecule has 0 atom stereocenters. The second kappa shape index (κ2) is 5.44. The van der Waals surface area contributed by atoms with Crippen LogP contribution in [-0.4, -0.2) is 16.7 Å². The van der Waals surface area contributed by atoms with E-state index in [2.05, 4.69) is 15.5 Å². The summed E-state index contributed by atoms with van der Waals surface area (Å²) < 4.78 is 51.0. The van der Waals surface area contributed by atoms with Crippen LogP contribution in [0.5, 0.6) is 0 Å². The van der Waals surface area contributed by atoms with E-state index in [9.17, 15) is 17.6 Å². The molecular formula is C13H11F4N3. The average Bonchev–Trinajstić information content (AvgIpc) is 2.39. The maximum absolute atomic E-state index is 13.2. The molecule has 0 fully saturated rings. The molecule has 3 nitrogen and oxygen atoms in total. The molecule has 1 heterocycles. The second-order valence-corrected chi connectivity index (χ2v) is 4.03. The number of hydrogen-bond acceptors (Lipinski definition) is 3. The fourth-order valence-corrected chi connectivity index (χ4v) is 1.66. The molecule has 1 aromatic heterocycles. The smallest absolute Gasteiger partial charge is 0.369 e. The summed E-state index contributed by atoms with van der Waals surface area (Å²) >= 11 is 0. The minimum Gasteiger partial charge on any atom is -0.369 e. The zero-order chi connectivity index (χ0) is 14.8. The van der Waals surface area contributed by atoms with Crippen LogP contribution in [-0.2, 0) is 6.18 Å². The van der Waals surface area contributed by atoms with Gasteiger partial charge in [-0.05, 0) is 37.3 Å². The number of alkyl halides is 3. The normalized spacial score (nSPS) is 11.4. The van der Waals surface area contributed by atoms with E-state index in [-0.39, 0.29) is 11.3 Å². The fourth-order valence-electron chi connectivity index (χ4n) is 1.66. The molecule has 1 N–H and O–H groups in total. The van der Waals surface area contributed by atoms with Crippen LogP contribution in [0, 0.1) is 5.82 Å². The number of benzene rings is 1. The first kappa shape index (κ1) is 14.2. The van der Waals surface area contributed by atoms with Gasteiger partial charge in [-0.25, -0.2) is 4.39 Å². The number of nitrogens with one attached hydrogen (secondary N) is 1. The summed E-state index contributed by atoms with van der Waals surface area (Å²) in [6, 6.07) is 5.87. The van der Waals surface area contributed by atoms with Crippen LogP contribution in [0.4, 0.5) is 23.4 Å². The van der Waals surface area contributed by atoms with Crippen molar-refractivity contribution in [2.24, 2.45) is 0 Å². The van der Waals surface area contributed by atoms with E-state index in [1.807, 2.05) is 6.92 Å². The Labute approximate surface area is 112 Å². The molecule has 0 aliphatic heterocycles. The van der Waals surface area contributed by atoms with Crippen molar-refractivity contribution in [2.75, 3.05) is 11.9 Å². The van der Waals surface area contributed by atoms with E-state index in [4.69, 9.17) is 0 Å². The lowest BCUT2D eigenvalue weighted by Gasteiger charge is -2.10. The minimum absolute atomic E-state index is 0.161. The van der Waals surface area contributed by atoms with Crippen LogP contribution >= 0.6 is 0 Å². The van der Waals surface area contributed by atoms with Crippen LogP contribution in [0.3, 0.4) is 0 Å². The third-order valence-electron chi connectivity index (χ3n) is 2.59. The third-order valence-corrected chi connectivity index (χ3v) is 2.59. The van der Waals surface area contributed by atoms with Gasteiger partial charge in [-0.2, -0.15) is 13.2 Å². The summed E-state index contributed by atoms with van der Waals surface area (Å²) in [7, 11) is 0. The Morgan fingerprint density at radius 3 is 2.40 bits per heavy atom. The SMILES string of the molecule is CCNc1ccc(-c2ccc(F)c(C(F)(F)F)c2)nn1. The number of hydrogen-bond donors (Lipinski definition) is 1. The first-order chi connectivity index (χ1) is 9.41. The Balaban J connectivity index is 2.38. The predicted octanol–water partition coefficient (Wildman–Crippen LogP) is 3.73. The Bertz CT molecular complexity index is 594. The van der Waals surface area contributed by atoms with Gasteiger partial charge in [-0.3, -0.25) is 0 Å². The Kier molecular flexibility index (Phi) is 3.87. The Hall–Kier alpha value is -2.18. The molecule has 0 radical (unpaired) electrons. The van der Waals surface area contributed by atoms with Crippen molar-refractivity contribution in [3.63, 3.8) is 0 Å². The molecule has 1 aromatic carbocycles. The van der Waals surface area contributed by atoms with Crippen LogP contribution in [0.1, 0.15) is 12.5 Å². The van der Waals surface area contributed by atoms with E-state index in [1.165, 1.54) is 12.1 Å². The molecule has 20 heavy (non-hydrogen) atoms. The number of rotatable bonds is 3. The first-order valence-electron chi connectivity index (χ1n) is 5.86. The van der Waals surface area contributed by atoms with Gasteiger partial charge in [-0.1, -0.05) is 0 Å². The van der Waals surface area contributed by atoms with Crippen molar-refractivity contribution in [3.05, 3.63) is 41.7 Å². The lowest BCUT2D eigenvalue weighted by molar-refractivity contribution is -0.139. The van der Waals surface area contributed by atoms with Gasteiger partial charge in [-0.15, -0.1) is 10.2 Å². The van der Waals surface area contributed by atoms with Gasteiger partial charge >= 0.3 is 6.18 Å².